The van der Waals surface area contributed by atoms with E-state index >= 15 is 0 Å². The van der Waals surface area contributed by atoms with E-state index in [4.69, 9.17) is 4.52 Å². The number of sulfone groups is 1. The van der Waals surface area contributed by atoms with Crippen molar-refractivity contribution < 1.29 is 12.9 Å². The summed E-state index contributed by atoms with van der Waals surface area (Å²) < 4.78 is 28.4. The second kappa shape index (κ2) is 4.97. The van der Waals surface area contributed by atoms with Crippen LogP contribution in [0.4, 0.5) is 0 Å². The summed E-state index contributed by atoms with van der Waals surface area (Å²) in [7, 11) is -3.10. The maximum atomic E-state index is 12.0. The van der Waals surface area contributed by atoms with Crippen LogP contribution in [0.5, 0.6) is 0 Å². The first-order chi connectivity index (χ1) is 11.0. The van der Waals surface area contributed by atoms with E-state index < -0.39 is 14.6 Å². The Kier molecular flexibility index (Phi) is 3.14. The minimum absolute atomic E-state index is 0.383. The van der Waals surface area contributed by atoms with Crippen molar-refractivity contribution >= 4 is 21.2 Å². The fraction of sp³-hybridized carbons (Fsp3) is 0.267. The van der Waals surface area contributed by atoms with Crippen LogP contribution in [0.2, 0.25) is 0 Å². The normalized spacial score (nSPS) is 16.4. The first kappa shape index (κ1) is 14.5. The number of aromatic nitrogens is 3. The molecule has 0 N–H and O–H groups in total. The Balaban J connectivity index is 1.65. The molecule has 0 unspecified atom stereocenters. The standard InChI is InChI=1S/C15H13N3O3S2/c1-23(19,20)15(6-7-15)11-4-2-10(3-5-11)12-17-13(21-18-12)14-16-8-9-22-14/h2-5,8-9H,6-7H2,1H3. The molecule has 1 aliphatic carbocycles. The van der Waals surface area contributed by atoms with Crippen LogP contribution in [0, 0.1) is 0 Å². The maximum absolute atomic E-state index is 12.0. The van der Waals surface area contributed by atoms with E-state index in [0.29, 0.717) is 29.6 Å². The van der Waals surface area contributed by atoms with Gasteiger partial charge < -0.3 is 4.52 Å². The molecule has 1 fully saturated rings. The number of thiazole rings is 1. The highest BCUT2D eigenvalue weighted by Gasteiger charge is 2.53. The zero-order chi connectivity index (χ0) is 16.1. The number of rotatable bonds is 4. The van der Waals surface area contributed by atoms with Gasteiger partial charge in [-0.3, -0.25) is 0 Å². The Hall–Kier alpha value is -2.06. The van der Waals surface area contributed by atoms with Crippen molar-refractivity contribution in [1.82, 2.24) is 15.1 Å². The second-order valence-electron chi connectivity index (χ2n) is 5.60. The quantitative estimate of drug-likeness (QED) is 0.721. The van der Waals surface area contributed by atoms with Crippen molar-refractivity contribution in [1.29, 1.82) is 0 Å². The Morgan fingerprint density at radius 2 is 1.96 bits per heavy atom. The maximum Gasteiger partial charge on any atom is 0.287 e. The summed E-state index contributed by atoms with van der Waals surface area (Å²) in [4.78, 5) is 8.46. The topological polar surface area (TPSA) is 86.0 Å². The minimum Gasteiger partial charge on any atom is -0.331 e. The molecule has 118 valence electrons. The molecule has 1 saturated carbocycles. The molecule has 0 amide bonds. The summed E-state index contributed by atoms with van der Waals surface area (Å²) in [6, 6.07) is 7.33. The molecule has 0 saturated heterocycles. The molecule has 6 nitrogen and oxygen atoms in total. The molecular weight excluding hydrogens is 334 g/mol. The van der Waals surface area contributed by atoms with Crippen molar-refractivity contribution in [3.63, 3.8) is 0 Å². The lowest BCUT2D eigenvalue weighted by molar-refractivity contribution is 0.432. The van der Waals surface area contributed by atoms with E-state index in [1.165, 1.54) is 17.6 Å². The Labute approximate surface area is 137 Å². The summed E-state index contributed by atoms with van der Waals surface area (Å²) in [5, 5.41) is 6.48. The third-order valence-electron chi connectivity index (χ3n) is 4.12. The van der Waals surface area contributed by atoms with Gasteiger partial charge in [0.1, 0.15) is 0 Å². The van der Waals surface area contributed by atoms with Gasteiger partial charge in [0.15, 0.2) is 14.8 Å². The van der Waals surface area contributed by atoms with Gasteiger partial charge in [0.25, 0.3) is 5.89 Å². The third kappa shape index (κ3) is 2.38. The Bertz CT molecular complexity index is 940. The summed E-state index contributed by atoms with van der Waals surface area (Å²) in [5.74, 6) is 0.847. The van der Waals surface area contributed by atoms with Crippen LogP contribution in [-0.4, -0.2) is 29.8 Å². The van der Waals surface area contributed by atoms with Gasteiger partial charge in [-0.1, -0.05) is 29.4 Å². The highest BCUT2D eigenvalue weighted by molar-refractivity contribution is 7.92. The SMILES string of the molecule is CS(=O)(=O)C1(c2ccc(-c3noc(-c4nccs4)n3)cc2)CC1. The van der Waals surface area contributed by atoms with Gasteiger partial charge in [0.2, 0.25) is 5.82 Å². The summed E-state index contributed by atoms with van der Waals surface area (Å²) in [6.45, 7) is 0. The molecule has 1 aromatic carbocycles. The Morgan fingerprint density at radius 3 is 2.52 bits per heavy atom. The van der Waals surface area contributed by atoms with Crippen LogP contribution < -0.4 is 0 Å². The first-order valence-corrected chi connectivity index (χ1v) is 9.81. The molecule has 1 aliphatic rings. The van der Waals surface area contributed by atoms with Crippen molar-refractivity contribution in [2.45, 2.75) is 17.6 Å². The van der Waals surface area contributed by atoms with E-state index in [9.17, 15) is 8.42 Å². The highest BCUT2D eigenvalue weighted by atomic mass is 32.2. The van der Waals surface area contributed by atoms with E-state index in [1.807, 2.05) is 29.6 Å². The molecule has 0 aliphatic heterocycles. The number of hydrogen-bond donors (Lipinski definition) is 0. The zero-order valence-corrected chi connectivity index (χ0v) is 13.9. The van der Waals surface area contributed by atoms with Crippen LogP contribution in [0.3, 0.4) is 0 Å². The minimum atomic E-state index is -3.10. The molecule has 4 rings (SSSR count). The monoisotopic (exact) mass is 347 g/mol. The summed E-state index contributed by atoms with van der Waals surface area (Å²) in [5.41, 5.74) is 1.61. The second-order valence-corrected chi connectivity index (χ2v) is 8.82. The predicted octanol–water partition coefficient (Wildman–Crippen LogP) is 2.89. The van der Waals surface area contributed by atoms with Crippen LogP contribution in [-0.2, 0) is 14.6 Å². The summed E-state index contributed by atoms with van der Waals surface area (Å²) in [6.07, 6.45) is 4.34. The predicted molar refractivity (Wildman–Crippen MR) is 86.6 cm³/mol. The number of hydrogen-bond acceptors (Lipinski definition) is 7. The number of nitrogens with zero attached hydrogens (tertiary/aromatic N) is 3. The average molecular weight is 347 g/mol. The lowest BCUT2D eigenvalue weighted by atomic mass is 10.1. The van der Waals surface area contributed by atoms with Crippen molar-refractivity contribution in [3.8, 4) is 22.3 Å². The largest absolute Gasteiger partial charge is 0.331 e. The molecule has 2 aromatic heterocycles. The molecule has 23 heavy (non-hydrogen) atoms. The van der Waals surface area contributed by atoms with Crippen LogP contribution in [0.15, 0.2) is 40.4 Å². The highest BCUT2D eigenvalue weighted by Crippen LogP contribution is 2.52. The fourth-order valence-electron chi connectivity index (χ4n) is 2.67. The third-order valence-corrected chi connectivity index (χ3v) is 6.95. The van der Waals surface area contributed by atoms with E-state index in [2.05, 4.69) is 15.1 Å². The van der Waals surface area contributed by atoms with Crippen molar-refractivity contribution in [2.75, 3.05) is 6.26 Å². The number of benzene rings is 1. The molecule has 8 heteroatoms. The van der Waals surface area contributed by atoms with Crippen molar-refractivity contribution in [2.24, 2.45) is 0 Å². The fourth-order valence-corrected chi connectivity index (χ4v) is 4.63. The van der Waals surface area contributed by atoms with E-state index in [1.54, 1.807) is 6.20 Å². The Morgan fingerprint density at radius 1 is 1.22 bits per heavy atom. The van der Waals surface area contributed by atoms with Gasteiger partial charge in [-0.25, -0.2) is 13.4 Å². The molecule has 0 atom stereocenters. The average Bonchev–Trinajstić information content (AvgIpc) is 2.98. The van der Waals surface area contributed by atoms with Crippen LogP contribution in [0.25, 0.3) is 22.3 Å². The smallest absolute Gasteiger partial charge is 0.287 e. The van der Waals surface area contributed by atoms with E-state index in [0.717, 1.165) is 11.1 Å². The lowest BCUT2D eigenvalue weighted by Gasteiger charge is -2.13. The van der Waals surface area contributed by atoms with E-state index in [-0.39, 0.29) is 0 Å². The van der Waals surface area contributed by atoms with Gasteiger partial charge >= 0.3 is 0 Å². The van der Waals surface area contributed by atoms with Gasteiger partial charge in [0, 0.05) is 23.4 Å². The lowest BCUT2D eigenvalue weighted by Crippen LogP contribution is -2.19. The molecular formula is C15H13N3O3S2. The van der Waals surface area contributed by atoms with Gasteiger partial charge in [-0.05, 0) is 18.4 Å². The molecule has 0 radical (unpaired) electrons. The van der Waals surface area contributed by atoms with Crippen molar-refractivity contribution in [3.05, 3.63) is 41.4 Å². The van der Waals surface area contributed by atoms with Gasteiger partial charge in [-0.2, -0.15) is 4.98 Å². The van der Waals surface area contributed by atoms with Gasteiger partial charge in [0.05, 0.1) is 4.75 Å². The van der Waals surface area contributed by atoms with Crippen LogP contribution in [0.1, 0.15) is 18.4 Å². The van der Waals surface area contributed by atoms with Gasteiger partial charge in [-0.15, -0.1) is 11.3 Å². The zero-order valence-electron chi connectivity index (χ0n) is 12.3. The molecule has 0 spiro atoms. The first-order valence-electron chi connectivity index (χ1n) is 7.04. The summed E-state index contributed by atoms with van der Waals surface area (Å²) >= 11 is 1.43. The molecule has 2 heterocycles. The molecule has 3 aromatic rings. The van der Waals surface area contributed by atoms with Crippen LogP contribution >= 0.6 is 11.3 Å². The molecule has 0 bridgehead atoms.